The second-order valence-electron chi connectivity index (χ2n) is 2.92. The molecule has 4 nitrogen and oxygen atoms in total. The highest BCUT2D eigenvalue weighted by molar-refractivity contribution is 5.36. The number of nitrogens with zero attached hydrogens (tertiary/aromatic N) is 4. The number of imidazole rings is 1. The third-order valence-electron chi connectivity index (χ3n) is 1.96. The summed E-state index contributed by atoms with van der Waals surface area (Å²) in [4.78, 5) is 8.11. The monoisotopic (exact) mass is 184 g/mol. The first-order valence-electron chi connectivity index (χ1n) is 4.17. The Labute approximate surface area is 81.5 Å². The number of rotatable bonds is 1. The Hall–Kier alpha value is -2.15. The van der Waals surface area contributed by atoms with Gasteiger partial charge in [-0.05, 0) is 18.6 Å². The molecule has 2 rings (SSSR count). The SMILES string of the molecule is Cc1ccc(-n2ccnc2)nc1C#N. The van der Waals surface area contributed by atoms with Crippen LogP contribution < -0.4 is 0 Å². The van der Waals surface area contributed by atoms with Crippen molar-refractivity contribution in [3.63, 3.8) is 0 Å². The highest BCUT2D eigenvalue weighted by Crippen LogP contribution is 2.08. The molecule has 0 saturated carbocycles. The average molecular weight is 184 g/mol. The van der Waals surface area contributed by atoms with Gasteiger partial charge in [-0.2, -0.15) is 5.26 Å². The third-order valence-corrected chi connectivity index (χ3v) is 1.96. The molecule has 0 atom stereocenters. The Kier molecular flexibility index (Phi) is 1.99. The zero-order valence-electron chi connectivity index (χ0n) is 7.68. The predicted octanol–water partition coefficient (Wildman–Crippen LogP) is 1.45. The van der Waals surface area contributed by atoms with E-state index in [1.807, 2.05) is 19.1 Å². The van der Waals surface area contributed by atoms with Gasteiger partial charge in [-0.1, -0.05) is 6.07 Å². The minimum atomic E-state index is 0.455. The van der Waals surface area contributed by atoms with Crippen LogP contribution >= 0.6 is 0 Å². The van der Waals surface area contributed by atoms with Crippen molar-refractivity contribution in [2.75, 3.05) is 0 Å². The first-order valence-corrected chi connectivity index (χ1v) is 4.17. The van der Waals surface area contributed by atoms with E-state index in [0.29, 0.717) is 11.5 Å². The van der Waals surface area contributed by atoms with E-state index in [9.17, 15) is 0 Å². The van der Waals surface area contributed by atoms with Crippen molar-refractivity contribution in [3.05, 3.63) is 42.1 Å². The highest BCUT2D eigenvalue weighted by Gasteiger charge is 2.01. The molecule has 0 radical (unpaired) electrons. The molecule has 2 aromatic heterocycles. The fourth-order valence-electron chi connectivity index (χ4n) is 1.17. The van der Waals surface area contributed by atoms with Crippen LogP contribution in [0.25, 0.3) is 5.82 Å². The largest absolute Gasteiger partial charge is 0.290 e. The average Bonchev–Trinajstić information content (AvgIpc) is 2.71. The quantitative estimate of drug-likeness (QED) is 0.674. The van der Waals surface area contributed by atoms with Gasteiger partial charge >= 0.3 is 0 Å². The van der Waals surface area contributed by atoms with Crippen molar-refractivity contribution in [2.24, 2.45) is 0 Å². The molecule has 2 aromatic rings. The van der Waals surface area contributed by atoms with Gasteiger partial charge < -0.3 is 0 Å². The smallest absolute Gasteiger partial charge is 0.145 e. The molecular weight excluding hydrogens is 176 g/mol. The number of hydrogen-bond donors (Lipinski definition) is 0. The first kappa shape index (κ1) is 8.45. The van der Waals surface area contributed by atoms with E-state index in [1.54, 1.807) is 23.3 Å². The lowest BCUT2D eigenvalue weighted by atomic mass is 10.2. The maximum atomic E-state index is 8.80. The predicted molar refractivity (Wildman–Crippen MR) is 50.8 cm³/mol. The van der Waals surface area contributed by atoms with Crippen LogP contribution in [0.2, 0.25) is 0 Å². The fourth-order valence-corrected chi connectivity index (χ4v) is 1.17. The van der Waals surface area contributed by atoms with Crippen LogP contribution in [0.1, 0.15) is 11.3 Å². The molecule has 0 bridgehead atoms. The van der Waals surface area contributed by atoms with Crippen LogP contribution in [-0.2, 0) is 0 Å². The minimum absolute atomic E-state index is 0.455. The summed E-state index contributed by atoms with van der Waals surface area (Å²) in [6, 6.07) is 5.79. The van der Waals surface area contributed by atoms with Gasteiger partial charge in [-0.3, -0.25) is 4.57 Å². The lowest BCUT2D eigenvalue weighted by Gasteiger charge is -2.02. The maximum Gasteiger partial charge on any atom is 0.145 e. The summed E-state index contributed by atoms with van der Waals surface area (Å²) in [7, 11) is 0. The summed E-state index contributed by atoms with van der Waals surface area (Å²) in [6.07, 6.45) is 5.12. The summed E-state index contributed by atoms with van der Waals surface area (Å²) in [5, 5.41) is 8.80. The minimum Gasteiger partial charge on any atom is -0.290 e. The maximum absolute atomic E-state index is 8.80. The van der Waals surface area contributed by atoms with Crippen molar-refractivity contribution >= 4 is 0 Å². The number of aromatic nitrogens is 3. The van der Waals surface area contributed by atoms with E-state index in [2.05, 4.69) is 16.0 Å². The Morgan fingerprint density at radius 3 is 2.93 bits per heavy atom. The van der Waals surface area contributed by atoms with Crippen LogP contribution in [0.15, 0.2) is 30.9 Å². The zero-order chi connectivity index (χ0) is 9.97. The molecule has 2 heterocycles. The number of pyridine rings is 1. The van der Waals surface area contributed by atoms with Gasteiger partial charge in [0, 0.05) is 12.4 Å². The molecule has 0 spiro atoms. The number of nitriles is 1. The Morgan fingerprint density at radius 2 is 2.29 bits per heavy atom. The van der Waals surface area contributed by atoms with Gasteiger partial charge in [-0.25, -0.2) is 9.97 Å². The van der Waals surface area contributed by atoms with Crippen LogP contribution in [0.3, 0.4) is 0 Å². The fraction of sp³-hybridized carbons (Fsp3) is 0.100. The van der Waals surface area contributed by atoms with Crippen LogP contribution in [0, 0.1) is 18.3 Å². The first-order chi connectivity index (χ1) is 6.81. The van der Waals surface area contributed by atoms with Crippen molar-refractivity contribution < 1.29 is 0 Å². The zero-order valence-corrected chi connectivity index (χ0v) is 7.68. The molecule has 0 fully saturated rings. The van der Waals surface area contributed by atoms with E-state index < -0.39 is 0 Å². The summed E-state index contributed by atoms with van der Waals surface area (Å²) in [6.45, 7) is 1.86. The highest BCUT2D eigenvalue weighted by atomic mass is 15.1. The molecule has 0 aromatic carbocycles. The molecule has 14 heavy (non-hydrogen) atoms. The molecule has 0 saturated heterocycles. The van der Waals surface area contributed by atoms with E-state index in [1.165, 1.54) is 0 Å². The molecule has 0 aliphatic heterocycles. The molecule has 0 aliphatic carbocycles. The molecule has 4 heteroatoms. The molecule has 0 N–H and O–H groups in total. The van der Waals surface area contributed by atoms with Crippen molar-refractivity contribution in [1.82, 2.24) is 14.5 Å². The summed E-state index contributed by atoms with van der Waals surface area (Å²) >= 11 is 0. The normalized spacial score (nSPS) is 9.71. The summed E-state index contributed by atoms with van der Waals surface area (Å²) in [5.74, 6) is 0.713. The van der Waals surface area contributed by atoms with Crippen molar-refractivity contribution in [1.29, 1.82) is 5.26 Å². The van der Waals surface area contributed by atoms with Crippen LogP contribution in [0.5, 0.6) is 0 Å². The lowest BCUT2D eigenvalue weighted by Crippen LogP contribution is -1.97. The number of hydrogen-bond acceptors (Lipinski definition) is 3. The van der Waals surface area contributed by atoms with Gasteiger partial charge in [0.05, 0.1) is 0 Å². The summed E-state index contributed by atoms with van der Waals surface area (Å²) in [5.41, 5.74) is 1.34. The van der Waals surface area contributed by atoms with E-state index in [0.717, 1.165) is 5.56 Å². The molecule has 0 aliphatic rings. The van der Waals surface area contributed by atoms with Crippen LogP contribution in [0.4, 0.5) is 0 Å². The number of aryl methyl sites for hydroxylation is 1. The van der Waals surface area contributed by atoms with Crippen molar-refractivity contribution in [3.8, 4) is 11.9 Å². The third kappa shape index (κ3) is 1.36. The van der Waals surface area contributed by atoms with Crippen LogP contribution in [-0.4, -0.2) is 14.5 Å². The van der Waals surface area contributed by atoms with Gasteiger partial charge in [0.1, 0.15) is 23.9 Å². The summed E-state index contributed by atoms with van der Waals surface area (Å²) < 4.78 is 1.76. The Bertz CT molecular complexity index is 479. The van der Waals surface area contributed by atoms with Gasteiger partial charge in [-0.15, -0.1) is 0 Å². The van der Waals surface area contributed by atoms with E-state index >= 15 is 0 Å². The van der Waals surface area contributed by atoms with Gasteiger partial charge in [0.15, 0.2) is 0 Å². The second kappa shape index (κ2) is 3.30. The molecular formula is C10H8N4. The Morgan fingerprint density at radius 1 is 1.43 bits per heavy atom. The molecule has 68 valence electrons. The Balaban J connectivity index is 2.53. The standard InChI is InChI=1S/C10H8N4/c1-8-2-3-10(13-9(8)6-11)14-5-4-12-7-14/h2-5,7H,1H3. The second-order valence-corrected chi connectivity index (χ2v) is 2.92. The lowest BCUT2D eigenvalue weighted by molar-refractivity contribution is 0.980. The topological polar surface area (TPSA) is 54.5 Å². The van der Waals surface area contributed by atoms with E-state index in [4.69, 9.17) is 5.26 Å². The van der Waals surface area contributed by atoms with Gasteiger partial charge in [0.25, 0.3) is 0 Å². The van der Waals surface area contributed by atoms with Crippen molar-refractivity contribution in [2.45, 2.75) is 6.92 Å². The molecule has 0 unspecified atom stereocenters. The van der Waals surface area contributed by atoms with Gasteiger partial charge in [0.2, 0.25) is 0 Å². The van der Waals surface area contributed by atoms with E-state index in [-0.39, 0.29) is 0 Å². The molecule has 0 amide bonds.